The first-order valence-corrected chi connectivity index (χ1v) is 13.0. The second-order valence-electron chi connectivity index (χ2n) is 7.79. The van der Waals surface area contributed by atoms with Crippen molar-refractivity contribution in [2.45, 2.75) is 11.3 Å². The molecule has 34 heavy (non-hydrogen) atoms. The van der Waals surface area contributed by atoms with E-state index >= 15 is 0 Å². The van der Waals surface area contributed by atoms with Crippen LogP contribution in [0, 0.1) is 0 Å². The van der Waals surface area contributed by atoms with E-state index in [1.165, 1.54) is 29.6 Å². The van der Waals surface area contributed by atoms with Crippen molar-refractivity contribution in [1.29, 1.82) is 0 Å². The van der Waals surface area contributed by atoms with Crippen molar-refractivity contribution < 1.29 is 17.9 Å². The number of benzene rings is 3. The number of fused-ring (bicyclic) bond motifs is 1. The Hall–Kier alpha value is -3.62. The van der Waals surface area contributed by atoms with Crippen molar-refractivity contribution >= 4 is 38.6 Å². The molecule has 2 heterocycles. The number of anilines is 2. The summed E-state index contributed by atoms with van der Waals surface area (Å²) in [6.07, 6.45) is 0.651. The zero-order valence-corrected chi connectivity index (χ0v) is 20.0. The largest absolute Gasteiger partial charge is 0.496 e. The molecule has 0 aliphatic carbocycles. The van der Waals surface area contributed by atoms with E-state index in [4.69, 9.17) is 4.74 Å². The molecule has 1 N–H and O–H groups in total. The molecule has 1 amide bonds. The Bertz CT molecular complexity index is 1460. The molecule has 8 heteroatoms. The fraction of sp³-hybridized carbons (Fsp3) is 0.115. The average molecular weight is 491 g/mol. The third kappa shape index (κ3) is 3.95. The Balaban J connectivity index is 1.50. The molecular formula is C26H22N2O4S2. The second-order valence-corrected chi connectivity index (χ2v) is 10.6. The summed E-state index contributed by atoms with van der Waals surface area (Å²) in [6.45, 7) is 0.365. The lowest BCUT2D eigenvalue weighted by molar-refractivity contribution is 0.102. The van der Waals surface area contributed by atoms with E-state index in [1.54, 1.807) is 17.4 Å². The third-order valence-electron chi connectivity index (χ3n) is 5.81. The van der Waals surface area contributed by atoms with Crippen LogP contribution in [-0.4, -0.2) is 28.0 Å². The highest BCUT2D eigenvalue weighted by molar-refractivity contribution is 7.92. The van der Waals surface area contributed by atoms with Crippen LogP contribution in [-0.2, 0) is 16.4 Å². The SMILES string of the molecule is COc1ccc(S(=O)(=O)N2CCc3ccccc32)cc1C(=O)Nc1ccccc1-c1cccs1. The lowest BCUT2D eigenvalue weighted by atomic mass is 10.1. The molecule has 172 valence electrons. The predicted octanol–water partition coefficient (Wildman–Crippen LogP) is 5.43. The van der Waals surface area contributed by atoms with Crippen LogP contribution in [0.1, 0.15) is 15.9 Å². The van der Waals surface area contributed by atoms with E-state index in [-0.39, 0.29) is 10.5 Å². The van der Waals surface area contributed by atoms with Gasteiger partial charge in [0.1, 0.15) is 5.75 Å². The summed E-state index contributed by atoms with van der Waals surface area (Å²) in [7, 11) is -2.40. The van der Waals surface area contributed by atoms with Crippen LogP contribution >= 0.6 is 11.3 Å². The van der Waals surface area contributed by atoms with Crippen LogP contribution in [0.25, 0.3) is 10.4 Å². The Morgan fingerprint density at radius 3 is 2.59 bits per heavy atom. The summed E-state index contributed by atoms with van der Waals surface area (Å²) in [5.41, 5.74) is 3.34. The highest BCUT2D eigenvalue weighted by Crippen LogP contribution is 2.35. The van der Waals surface area contributed by atoms with Crippen molar-refractivity contribution in [1.82, 2.24) is 0 Å². The van der Waals surface area contributed by atoms with E-state index in [0.29, 0.717) is 30.1 Å². The third-order valence-corrected chi connectivity index (χ3v) is 8.52. The van der Waals surface area contributed by atoms with Gasteiger partial charge < -0.3 is 10.1 Å². The summed E-state index contributed by atoms with van der Waals surface area (Å²) in [6, 6.07) is 23.3. The number of amides is 1. The maximum Gasteiger partial charge on any atom is 0.264 e. The first-order valence-electron chi connectivity index (χ1n) is 10.7. The van der Waals surface area contributed by atoms with E-state index < -0.39 is 15.9 Å². The number of nitrogens with one attached hydrogen (secondary N) is 1. The Morgan fingerprint density at radius 1 is 1.00 bits per heavy atom. The Labute approximate surface area is 202 Å². The predicted molar refractivity (Wildman–Crippen MR) is 135 cm³/mol. The number of ether oxygens (including phenoxy) is 1. The standard InChI is InChI=1S/C26H22N2O4S2/c1-32-24-13-12-19(34(30,31)28-15-14-18-7-2-5-10-23(18)28)17-21(24)26(29)27-22-9-4-3-8-20(22)25-11-6-16-33-25/h2-13,16-17H,14-15H2,1H3,(H,27,29). The monoisotopic (exact) mass is 490 g/mol. The van der Waals surface area contributed by atoms with Crippen molar-refractivity contribution in [3.8, 4) is 16.2 Å². The maximum absolute atomic E-state index is 13.5. The maximum atomic E-state index is 13.5. The molecule has 1 aliphatic rings. The minimum atomic E-state index is -3.85. The molecule has 0 radical (unpaired) electrons. The van der Waals surface area contributed by atoms with Crippen LogP contribution in [0.5, 0.6) is 5.75 Å². The van der Waals surface area contributed by atoms with Crippen LogP contribution in [0.2, 0.25) is 0 Å². The zero-order chi connectivity index (χ0) is 23.7. The van der Waals surface area contributed by atoms with Crippen LogP contribution in [0.4, 0.5) is 11.4 Å². The number of nitrogens with zero attached hydrogens (tertiary/aromatic N) is 1. The van der Waals surface area contributed by atoms with E-state index in [1.807, 2.05) is 60.0 Å². The summed E-state index contributed by atoms with van der Waals surface area (Å²) < 4.78 is 33.8. The molecule has 0 bridgehead atoms. The molecule has 0 fully saturated rings. The van der Waals surface area contributed by atoms with Crippen LogP contribution in [0.15, 0.2) is 89.1 Å². The van der Waals surface area contributed by atoms with Gasteiger partial charge in [-0.25, -0.2) is 8.42 Å². The summed E-state index contributed by atoms with van der Waals surface area (Å²) in [4.78, 5) is 14.4. The van der Waals surface area contributed by atoms with Crippen LogP contribution in [0.3, 0.4) is 0 Å². The van der Waals surface area contributed by atoms with E-state index in [2.05, 4.69) is 5.32 Å². The van der Waals surface area contributed by atoms with Crippen molar-refractivity contribution in [2.24, 2.45) is 0 Å². The number of carbonyl (C=O) groups is 1. The molecule has 0 saturated heterocycles. The van der Waals surface area contributed by atoms with Gasteiger partial charge in [0.2, 0.25) is 0 Å². The smallest absolute Gasteiger partial charge is 0.264 e. The molecule has 6 nitrogen and oxygen atoms in total. The molecule has 0 atom stereocenters. The van der Waals surface area contributed by atoms with Gasteiger partial charge in [0, 0.05) is 22.7 Å². The number of methoxy groups -OCH3 is 1. The fourth-order valence-corrected chi connectivity index (χ4v) is 6.43. The lowest BCUT2D eigenvalue weighted by Gasteiger charge is -2.20. The molecule has 1 aliphatic heterocycles. The Kier molecular flexibility index (Phi) is 5.85. The number of rotatable bonds is 6. The quantitative estimate of drug-likeness (QED) is 0.391. The van der Waals surface area contributed by atoms with Gasteiger partial charge in [-0.2, -0.15) is 0 Å². The first kappa shape index (κ1) is 22.2. The van der Waals surface area contributed by atoms with Crippen LogP contribution < -0.4 is 14.4 Å². The zero-order valence-electron chi connectivity index (χ0n) is 18.4. The number of carbonyl (C=O) groups excluding carboxylic acids is 1. The van der Waals surface area contributed by atoms with Crippen molar-refractivity contribution in [3.05, 3.63) is 95.4 Å². The normalized spacial score (nSPS) is 12.9. The van der Waals surface area contributed by atoms with Gasteiger partial charge in [-0.3, -0.25) is 9.10 Å². The number of thiophene rings is 1. The van der Waals surface area contributed by atoms with Gasteiger partial charge in [-0.05, 0) is 53.8 Å². The van der Waals surface area contributed by atoms with E-state index in [9.17, 15) is 13.2 Å². The highest BCUT2D eigenvalue weighted by Gasteiger charge is 2.31. The number of para-hydroxylation sites is 2. The number of hydrogen-bond acceptors (Lipinski definition) is 5. The molecule has 5 rings (SSSR count). The summed E-state index contributed by atoms with van der Waals surface area (Å²) in [5.74, 6) is -0.147. The highest BCUT2D eigenvalue weighted by atomic mass is 32.2. The van der Waals surface area contributed by atoms with Gasteiger partial charge in [-0.15, -0.1) is 11.3 Å². The molecule has 0 saturated carbocycles. The van der Waals surface area contributed by atoms with Gasteiger partial charge in [0.15, 0.2) is 0 Å². The molecule has 0 unspecified atom stereocenters. The van der Waals surface area contributed by atoms with E-state index in [0.717, 1.165) is 16.0 Å². The minimum absolute atomic E-state index is 0.0432. The number of hydrogen-bond donors (Lipinski definition) is 1. The molecule has 4 aromatic rings. The average Bonchev–Trinajstić information content (AvgIpc) is 3.54. The Morgan fingerprint density at radius 2 is 1.79 bits per heavy atom. The summed E-state index contributed by atoms with van der Waals surface area (Å²) >= 11 is 1.57. The molecule has 0 spiro atoms. The van der Waals surface area contributed by atoms with Gasteiger partial charge in [0.25, 0.3) is 15.9 Å². The van der Waals surface area contributed by atoms with Gasteiger partial charge in [-0.1, -0.05) is 42.5 Å². The van der Waals surface area contributed by atoms with Crippen molar-refractivity contribution in [3.63, 3.8) is 0 Å². The first-order chi connectivity index (χ1) is 16.5. The fourth-order valence-electron chi connectivity index (χ4n) is 4.14. The minimum Gasteiger partial charge on any atom is -0.496 e. The molecule has 3 aromatic carbocycles. The second kappa shape index (κ2) is 8.96. The molecular weight excluding hydrogens is 468 g/mol. The summed E-state index contributed by atoms with van der Waals surface area (Å²) in [5, 5.41) is 4.91. The van der Waals surface area contributed by atoms with Gasteiger partial charge >= 0.3 is 0 Å². The number of sulfonamides is 1. The topological polar surface area (TPSA) is 75.7 Å². The van der Waals surface area contributed by atoms with Crippen molar-refractivity contribution in [2.75, 3.05) is 23.3 Å². The lowest BCUT2D eigenvalue weighted by Crippen LogP contribution is -2.29. The van der Waals surface area contributed by atoms with Gasteiger partial charge in [0.05, 0.1) is 23.3 Å². The molecule has 1 aromatic heterocycles.